The van der Waals surface area contributed by atoms with Gasteiger partial charge in [-0.2, -0.15) is 0 Å². The van der Waals surface area contributed by atoms with E-state index in [0.717, 1.165) is 34.4 Å². The van der Waals surface area contributed by atoms with E-state index < -0.39 is 10.0 Å². The van der Waals surface area contributed by atoms with E-state index in [1.54, 1.807) is 30.6 Å². The Morgan fingerprint density at radius 2 is 1.87 bits per heavy atom. The third-order valence-electron chi connectivity index (χ3n) is 5.27. The van der Waals surface area contributed by atoms with E-state index >= 15 is 0 Å². The van der Waals surface area contributed by atoms with Gasteiger partial charge in [0.25, 0.3) is 0 Å². The molecule has 0 spiro atoms. The molecule has 0 aliphatic carbocycles. The average molecular weight is 422 g/mol. The molecule has 0 atom stereocenters. The van der Waals surface area contributed by atoms with Crippen LogP contribution in [0, 0.1) is 0 Å². The van der Waals surface area contributed by atoms with Crippen molar-refractivity contribution in [3.8, 4) is 11.1 Å². The molecular formula is C23H23N3O3S. The number of hydrogen-bond acceptors (Lipinski definition) is 4. The van der Waals surface area contributed by atoms with Crippen molar-refractivity contribution in [2.45, 2.75) is 31.2 Å². The number of nitrogens with zero attached hydrogens (tertiary/aromatic N) is 2. The fourth-order valence-corrected chi connectivity index (χ4v) is 4.64. The molecule has 30 heavy (non-hydrogen) atoms. The van der Waals surface area contributed by atoms with Crippen LogP contribution in [-0.4, -0.2) is 25.9 Å². The number of sulfonamides is 1. The molecule has 0 fully saturated rings. The summed E-state index contributed by atoms with van der Waals surface area (Å²) in [6.07, 6.45) is 4.61. The van der Waals surface area contributed by atoms with Gasteiger partial charge in [0, 0.05) is 37.6 Å². The second-order valence-electron chi connectivity index (χ2n) is 7.20. The zero-order chi connectivity index (χ0) is 21.1. The SMILES string of the molecule is CCC(=O)N1CCc2cc(-c3ccc(S(=O)(=O)NCc4cccnc4)cc3)ccc21. The van der Waals surface area contributed by atoms with Crippen molar-refractivity contribution in [3.05, 3.63) is 78.1 Å². The van der Waals surface area contributed by atoms with Crippen LogP contribution in [0.3, 0.4) is 0 Å². The van der Waals surface area contributed by atoms with E-state index in [4.69, 9.17) is 0 Å². The lowest BCUT2D eigenvalue weighted by Gasteiger charge is -2.16. The number of nitrogens with one attached hydrogen (secondary N) is 1. The van der Waals surface area contributed by atoms with Gasteiger partial charge in [-0.1, -0.05) is 31.2 Å². The quantitative estimate of drug-likeness (QED) is 0.660. The standard InChI is InChI=1S/C23H23N3O3S/c1-2-23(27)26-13-11-20-14-19(7-10-22(20)26)18-5-8-21(9-6-18)30(28,29)25-16-17-4-3-12-24-15-17/h3-10,12,14-15,25H,2,11,13,16H2,1H3. The summed E-state index contributed by atoms with van der Waals surface area (Å²) in [6.45, 7) is 2.77. The van der Waals surface area contributed by atoms with Gasteiger partial charge in [-0.3, -0.25) is 9.78 Å². The molecule has 0 bridgehead atoms. The summed E-state index contributed by atoms with van der Waals surface area (Å²) in [5, 5.41) is 0. The monoisotopic (exact) mass is 421 g/mol. The first-order valence-corrected chi connectivity index (χ1v) is 11.4. The summed E-state index contributed by atoms with van der Waals surface area (Å²) in [7, 11) is -3.61. The van der Waals surface area contributed by atoms with Gasteiger partial charge in [-0.05, 0) is 59.0 Å². The topological polar surface area (TPSA) is 79.4 Å². The Balaban J connectivity index is 1.50. The van der Waals surface area contributed by atoms with Crippen LogP contribution in [0.15, 0.2) is 71.9 Å². The molecule has 2 heterocycles. The first kappa shape index (κ1) is 20.3. The number of carbonyl (C=O) groups excluding carboxylic acids is 1. The maximum Gasteiger partial charge on any atom is 0.240 e. The molecule has 1 amide bonds. The largest absolute Gasteiger partial charge is 0.312 e. The van der Waals surface area contributed by atoms with Crippen molar-refractivity contribution in [2.75, 3.05) is 11.4 Å². The molecule has 0 saturated heterocycles. The maximum absolute atomic E-state index is 12.6. The van der Waals surface area contributed by atoms with E-state index in [2.05, 4.69) is 15.8 Å². The predicted molar refractivity (Wildman–Crippen MR) is 116 cm³/mol. The number of pyridine rings is 1. The highest BCUT2D eigenvalue weighted by atomic mass is 32.2. The summed E-state index contributed by atoms with van der Waals surface area (Å²) < 4.78 is 27.7. The molecule has 3 aromatic rings. The van der Waals surface area contributed by atoms with Crippen LogP contribution in [0.25, 0.3) is 11.1 Å². The summed E-state index contributed by atoms with van der Waals surface area (Å²) in [5.41, 5.74) is 4.86. The lowest BCUT2D eigenvalue weighted by molar-refractivity contribution is -0.118. The minimum atomic E-state index is -3.61. The predicted octanol–water partition coefficient (Wildman–Crippen LogP) is 3.53. The van der Waals surface area contributed by atoms with Gasteiger partial charge >= 0.3 is 0 Å². The van der Waals surface area contributed by atoms with Gasteiger partial charge in [0.2, 0.25) is 15.9 Å². The van der Waals surface area contributed by atoms with Crippen molar-refractivity contribution < 1.29 is 13.2 Å². The first-order valence-electron chi connectivity index (χ1n) is 9.90. The van der Waals surface area contributed by atoms with Crippen LogP contribution in [0.5, 0.6) is 0 Å². The molecule has 0 saturated carbocycles. The Labute approximate surface area is 176 Å². The second kappa shape index (κ2) is 8.38. The van der Waals surface area contributed by atoms with Crippen LogP contribution in [0.2, 0.25) is 0 Å². The molecule has 2 aromatic carbocycles. The van der Waals surface area contributed by atoms with Gasteiger partial charge in [0.15, 0.2) is 0 Å². The molecule has 4 rings (SSSR count). The number of hydrogen-bond donors (Lipinski definition) is 1. The van der Waals surface area contributed by atoms with Gasteiger partial charge < -0.3 is 4.90 Å². The fraction of sp³-hybridized carbons (Fsp3) is 0.217. The normalized spacial score (nSPS) is 13.3. The zero-order valence-electron chi connectivity index (χ0n) is 16.7. The van der Waals surface area contributed by atoms with Crippen molar-refractivity contribution in [2.24, 2.45) is 0 Å². The first-order chi connectivity index (χ1) is 14.5. The van der Waals surface area contributed by atoms with Crippen molar-refractivity contribution in [1.29, 1.82) is 0 Å². The molecule has 7 heteroatoms. The highest BCUT2D eigenvalue weighted by Gasteiger charge is 2.23. The molecule has 1 aromatic heterocycles. The Morgan fingerprint density at radius 3 is 2.57 bits per heavy atom. The van der Waals surface area contributed by atoms with Crippen LogP contribution >= 0.6 is 0 Å². The number of rotatable bonds is 6. The van der Waals surface area contributed by atoms with Crippen molar-refractivity contribution >= 4 is 21.6 Å². The van der Waals surface area contributed by atoms with E-state index in [9.17, 15) is 13.2 Å². The van der Waals surface area contributed by atoms with Crippen LogP contribution in [-0.2, 0) is 27.8 Å². The minimum absolute atomic E-state index is 0.134. The number of benzene rings is 2. The molecule has 0 unspecified atom stereocenters. The Morgan fingerprint density at radius 1 is 1.10 bits per heavy atom. The summed E-state index contributed by atoms with van der Waals surface area (Å²) >= 11 is 0. The van der Waals surface area contributed by atoms with Crippen molar-refractivity contribution in [1.82, 2.24) is 9.71 Å². The van der Waals surface area contributed by atoms with E-state index in [1.165, 1.54) is 0 Å². The number of amides is 1. The molecule has 1 aliphatic rings. The van der Waals surface area contributed by atoms with Gasteiger partial charge in [-0.25, -0.2) is 13.1 Å². The molecule has 1 aliphatic heterocycles. The summed E-state index contributed by atoms with van der Waals surface area (Å²) in [6, 6.07) is 16.5. The Bertz CT molecular complexity index is 1160. The molecular weight excluding hydrogens is 398 g/mol. The number of aromatic nitrogens is 1. The van der Waals surface area contributed by atoms with Crippen LogP contribution < -0.4 is 9.62 Å². The van der Waals surface area contributed by atoms with Gasteiger partial charge in [0.05, 0.1) is 4.90 Å². The fourth-order valence-electron chi connectivity index (χ4n) is 3.62. The lowest BCUT2D eigenvalue weighted by atomic mass is 10.0. The number of fused-ring (bicyclic) bond motifs is 1. The maximum atomic E-state index is 12.6. The van der Waals surface area contributed by atoms with Crippen LogP contribution in [0.4, 0.5) is 5.69 Å². The summed E-state index contributed by atoms with van der Waals surface area (Å²) in [5.74, 6) is 0.134. The van der Waals surface area contributed by atoms with E-state index in [0.29, 0.717) is 13.0 Å². The molecule has 154 valence electrons. The minimum Gasteiger partial charge on any atom is -0.312 e. The smallest absolute Gasteiger partial charge is 0.240 e. The lowest BCUT2D eigenvalue weighted by Crippen LogP contribution is -2.27. The third kappa shape index (κ3) is 4.13. The second-order valence-corrected chi connectivity index (χ2v) is 8.97. The Kier molecular flexibility index (Phi) is 5.65. The molecule has 1 N–H and O–H groups in total. The highest BCUT2D eigenvalue weighted by Crippen LogP contribution is 2.33. The molecule has 0 radical (unpaired) electrons. The van der Waals surface area contributed by atoms with Gasteiger partial charge in [0.1, 0.15) is 0 Å². The van der Waals surface area contributed by atoms with Gasteiger partial charge in [-0.15, -0.1) is 0 Å². The third-order valence-corrected chi connectivity index (χ3v) is 6.68. The average Bonchev–Trinajstić information content (AvgIpc) is 3.21. The Hall–Kier alpha value is -3.03. The van der Waals surface area contributed by atoms with Crippen LogP contribution in [0.1, 0.15) is 24.5 Å². The van der Waals surface area contributed by atoms with Crippen molar-refractivity contribution in [3.63, 3.8) is 0 Å². The zero-order valence-corrected chi connectivity index (χ0v) is 17.5. The van der Waals surface area contributed by atoms with E-state index in [-0.39, 0.29) is 17.3 Å². The highest BCUT2D eigenvalue weighted by molar-refractivity contribution is 7.89. The summed E-state index contributed by atoms with van der Waals surface area (Å²) in [4.78, 5) is 18.1. The number of anilines is 1. The molecule has 6 nitrogen and oxygen atoms in total. The number of carbonyl (C=O) groups is 1. The van der Waals surface area contributed by atoms with E-state index in [1.807, 2.05) is 42.2 Å².